The first kappa shape index (κ1) is 17.0. The number of ether oxygens (including phenoxy) is 3. The first-order valence-corrected chi connectivity index (χ1v) is 6.48. The minimum Gasteiger partial charge on any atom is -0.394 e. The second-order valence-electron chi connectivity index (χ2n) is 5.08. The average Bonchev–Trinajstić information content (AvgIpc) is 2.47. The van der Waals surface area contributed by atoms with E-state index < -0.39 is 61.9 Å². The molecular weight excluding hydrogens is 292 g/mol. The Labute approximate surface area is 119 Å². The van der Waals surface area contributed by atoms with Gasteiger partial charge in [-0.25, -0.2) is 0 Å². The zero-order valence-electron chi connectivity index (χ0n) is 11.0. The zero-order chi connectivity index (χ0) is 15.7. The van der Waals surface area contributed by atoms with E-state index in [-0.39, 0.29) is 6.61 Å². The van der Waals surface area contributed by atoms with Crippen LogP contribution in [0.15, 0.2) is 0 Å². The van der Waals surface area contributed by atoms with Crippen LogP contribution in [0.2, 0.25) is 0 Å². The van der Waals surface area contributed by atoms with Crippen LogP contribution in [0.4, 0.5) is 0 Å². The molecule has 0 aromatic carbocycles. The summed E-state index contributed by atoms with van der Waals surface area (Å²) >= 11 is 0. The van der Waals surface area contributed by atoms with Crippen molar-refractivity contribution in [1.29, 1.82) is 0 Å². The van der Waals surface area contributed by atoms with Crippen molar-refractivity contribution in [2.75, 3.05) is 13.2 Å². The summed E-state index contributed by atoms with van der Waals surface area (Å²) in [5.41, 5.74) is 0. The quantitative estimate of drug-likeness (QED) is 0.268. The Balaban J connectivity index is 2.06. The first-order chi connectivity index (χ1) is 9.86. The Bertz CT molecular complexity index is 339. The van der Waals surface area contributed by atoms with E-state index in [0.29, 0.717) is 0 Å². The molecule has 0 aromatic heterocycles. The molecule has 0 aliphatic carbocycles. The summed E-state index contributed by atoms with van der Waals surface area (Å²) in [5, 5.41) is 66.8. The van der Waals surface area contributed by atoms with Crippen molar-refractivity contribution in [3.8, 4) is 0 Å². The fourth-order valence-corrected chi connectivity index (χ4v) is 2.26. The summed E-state index contributed by atoms with van der Waals surface area (Å²) in [6.45, 7) is -0.934. The van der Waals surface area contributed by atoms with Crippen LogP contribution in [-0.2, 0) is 14.2 Å². The van der Waals surface area contributed by atoms with Gasteiger partial charge in [0.05, 0.1) is 13.2 Å². The molecule has 0 saturated carbocycles. The van der Waals surface area contributed by atoms with Crippen molar-refractivity contribution in [1.82, 2.24) is 0 Å². The number of rotatable bonds is 3. The van der Waals surface area contributed by atoms with Gasteiger partial charge in [0.2, 0.25) is 0 Å². The molecule has 21 heavy (non-hydrogen) atoms. The Morgan fingerprint density at radius 1 is 0.905 bits per heavy atom. The highest BCUT2D eigenvalue weighted by molar-refractivity contribution is 4.91. The third-order valence-electron chi connectivity index (χ3n) is 3.59. The molecule has 2 rings (SSSR count). The predicted octanol–water partition coefficient (Wildman–Crippen LogP) is -4.76. The fraction of sp³-hybridized carbons (Fsp3) is 1.00. The van der Waals surface area contributed by atoms with E-state index in [0.717, 1.165) is 0 Å². The van der Waals surface area contributed by atoms with Crippen LogP contribution in [0.5, 0.6) is 0 Å². The second kappa shape index (κ2) is 6.79. The van der Waals surface area contributed by atoms with Gasteiger partial charge in [-0.1, -0.05) is 0 Å². The lowest BCUT2D eigenvalue weighted by molar-refractivity contribution is -0.352. The number of aliphatic hydroxyl groups is 7. The summed E-state index contributed by atoms with van der Waals surface area (Å²) in [7, 11) is 0. The van der Waals surface area contributed by atoms with Crippen molar-refractivity contribution in [2.45, 2.75) is 55.3 Å². The lowest BCUT2D eigenvalue weighted by Crippen LogP contribution is -2.62. The van der Waals surface area contributed by atoms with E-state index >= 15 is 0 Å². The molecule has 2 saturated heterocycles. The van der Waals surface area contributed by atoms with E-state index in [2.05, 4.69) is 0 Å². The van der Waals surface area contributed by atoms with E-state index in [1.807, 2.05) is 0 Å². The first-order valence-electron chi connectivity index (χ1n) is 6.48. The van der Waals surface area contributed by atoms with Crippen molar-refractivity contribution in [3.63, 3.8) is 0 Å². The highest BCUT2D eigenvalue weighted by Gasteiger charge is 2.48. The molecule has 0 aromatic rings. The summed E-state index contributed by atoms with van der Waals surface area (Å²) in [6.07, 6.45) is -13.4. The molecule has 2 fully saturated rings. The van der Waals surface area contributed by atoms with E-state index in [9.17, 15) is 30.6 Å². The number of hydrogen-bond acceptors (Lipinski definition) is 10. The van der Waals surface area contributed by atoms with Crippen LogP contribution in [-0.4, -0.2) is 104 Å². The normalized spacial score (nSPS) is 51.9. The maximum absolute atomic E-state index is 9.78. The predicted molar refractivity (Wildman–Crippen MR) is 62.6 cm³/mol. The third kappa shape index (κ3) is 3.35. The molecule has 10 heteroatoms. The molecule has 2 aliphatic heterocycles. The van der Waals surface area contributed by atoms with Gasteiger partial charge in [0.1, 0.15) is 42.7 Å². The number of aliphatic hydroxyl groups excluding tert-OH is 7. The molecule has 1 unspecified atom stereocenters. The average molecular weight is 312 g/mol. The van der Waals surface area contributed by atoms with E-state index in [1.165, 1.54) is 0 Å². The molecule has 0 radical (unpaired) electrons. The lowest BCUT2D eigenvalue weighted by Gasteiger charge is -2.43. The lowest BCUT2D eigenvalue weighted by atomic mass is 9.99. The fourth-order valence-electron chi connectivity index (χ4n) is 2.26. The van der Waals surface area contributed by atoms with Crippen molar-refractivity contribution in [3.05, 3.63) is 0 Å². The SMILES string of the molecule is OC[C@H]1O[C@H](O[C@H]2C(O)OC[C@H](O)[C@@H]2O)[C@H](O)[C@@H](O)[C@@H]1O. The summed E-state index contributed by atoms with van der Waals surface area (Å²) in [4.78, 5) is 0. The van der Waals surface area contributed by atoms with Gasteiger partial charge in [-0.05, 0) is 0 Å². The van der Waals surface area contributed by atoms with Gasteiger partial charge in [0, 0.05) is 0 Å². The smallest absolute Gasteiger partial charge is 0.187 e. The molecule has 2 aliphatic rings. The molecule has 9 atom stereocenters. The Morgan fingerprint density at radius 2 is 1.57 bits per heavy atom. The molecule has 10 nitrogen and oxygen atoms in total. The second-order valence-corrected chi connectivity index (χ2v) is 5.08. The zero-order valence-corrected chi connectivity index (χ0v) is 11.0. The van der Waals surface area contributed by atoms with Crippen molar-refractivity contribution < 1.29 is 50.0 Å². The van der Waals surface area contributed by atoms with Crippen LogP contribution in [0.25, 0.3) is 0 Å². The van der Waals surface area contributed by atoms with Crippen LogP contribution in [0.1, 0.15) is 0 Å². The Morgan fingerprint density at radius 3 is 2.19 bits per heavy atom. The molecule has 124 valence electrons. The van der Waals surface area contributed by atoms with Crippen LogP contribution < -0.4 is 0 Å². The van der Waals surface area contributed by atoms with Crippen LogP contribution in [0, 0.1) is 0 Å². The largest absolute Gasteiger partial charge is 0.394 e. The van der Waals surface area contributed by atoms with Crippen molar-refractivity contribution >= 4 is 0 Å². The molecule has 2 heterocycles. The van der Waals surface area contributed by atoms with Gasteiger partial charge in [-0.15, -0.1) is 0 Å². The minimum atomic E-state index is -1.68. The maximum Gasteiger partial charge on any atom is 0.187 e. The molecular formula is C11H20O10. The highest BCUT2D eigenvalue weighted by atomic mass is 16.7. The monoisotopic (exact) mass is 312 g/mol. The van der Waals surface area contributed by atoms with Gasteiger partial charge in [-0.2, -0.15) is 0 Å². The molecule has 0 bridgehead atoms. The molecule has 0 amide bonds. The third-order valence-corrected chi connectivity index (χ3v) is 3.59. The van der Waals surface area contributed by atoms with Gasteiger partial charge in [0.25, 0.3) is 0 Å². The van der Waals surface area contributed by atoms with Crippen LogP contribution >= 0.6 is 0 Å². The highest BCUT2D eigenvalue weighted by Crippen LogP contribution is 2.26. The van der Waals surface area contributed by atoms with Gasteiger partial charge < -0.3 is 50.0 Å². The molecule has 7 N–H and O–H groups in total. The van der Waals surface area contributed by atoms with E-state index in [4.69, 9.17) is 19.3 Å². The Hall–Kier alpha value is -0.400. The maximum atomic E-state index is 9.78. The summed E-state index contributed by atoms with van der Waals surface area (Å²) < 4.78 is 15.0. The standard InChI is InChI=1S/C11H20O10/c12-1-4-6(15)7(16)8(17)11(20-4)21-9-5(14)3(13)2-19-10(9)18/h3-18H,1-2H2/t3-,4+,5-,6+,7-,8+,9+,10?,11+/m0/s1. The minimum absolute atomic E-state index is 0.295. The van der Waals surface area contributed by atoms with Gasteiger partial charge in [0.15, 0.2) is 12.6 Å². The Kier molecular flexibility index (Phi) is 5.48. The topological polar surface area (TPSA) is 169 Å². The number of hydrogen-bond donors (Lipinski definition) is 7. The summed E-state index contributed by atoms with van der Waals surface area (Å²) in [5.74, 6) is 0. The molecule has 0 spiro atoms. The van der Waals surface area contributed by atoms with Crippen molar-refractivity contribution in [2.24, 2.45) is 0 Å². The van der Waals surface area contributed by atoms with Gasteiger partial charge in [-0.3, -0.25) is 0 Å². The summed E-state index contributed by atoms with van der Waals surface area (Å²) in [6, 6.07) is 0. The van der Waals surface area contributed by atoms with E-state index in [1.54, 1.807) is 0 Å². The van der Waals surface area contributed by atoms with Gasteiger partial charge >= 0.3 is 0 Å². The van der Waals surface area contributed by atoms with Crippen LogP contribution in [0.3, 0.4) is 0 Å².